The monoisotopic (exact) mass is 358 g/mol. The Morgan fingerprint density at radius 1 is 1.36 bits per heavy atom. The Morgan fingerprint density at radius 2 is 1.96 bits per heavy atom. The molecule has 0 spiro atoms. The highest BCUT2D eigenvalue weighted by molar-refractivity contribution is 5.84. The molecule has 0 aliphatic heterocycles. The van der Waals surface area contributed by atoms with Gasteiger partial charge < -0.3 is 19.9 Å². The third-order valence-corrected chi connectivity index (χ3v) is 2.74. The maximum Gasteiger partial charge on any atom is 0.408 e. The van der Waals surface area contributed by atoms with Crippen molar-refractivity contribution in [3.63, 3.8) is 0 Å². The van der Waals surface area contributed by atoms with Crippen molar-refractivity contribution in [1.29, 1.82) is 0 Å². The minimum Gasteiger partial charge on any atom is -0.444 e. The second-order valence-electron chi connectivity index (χ2n) is 6.15. The van der Waals surface area contributed by atoms with Crippen molar-refractivity contribution >= 4 is 17.7 Å². The van der Waals surface area contributed by atoms with Crippen LogP contribution in [0.25, 0.3) is 0 Å². The lowest BCUT2D eigenvalue weighted by atomic mass is 10.2. The van der Waals surface area contributed by atoms with Crippen LogP contribution < -0.4 is 10.1 Å². The Labute approximate surface area is 142 Å². The van der Waals surface area contributed by atoms with Crippen LogP contribution in [-0.4, -0.2) is 39.8 Å². The molecule has 0 saturated carbocycles. The van der Waals surface area contributed by atoms with Crippen LogP contribution in [0.3, 0.4) is 0 Å². The lowest BCUT2D eigenvalue weighted by Crippen LogP contribution is -2.50. The van der Waals surface area contributed by atoms with Crippen LogP contribution in [0.5, 0.6) is 5.75 Å². The zero-order valence-electron chi connectivity index (χ0n) is 14.1. The number of nitrogens with one attached hydrogen (secondary N) is 1. The molecule has 2 N–H and O–H groups in total. The van der Waals surface area contributed by atoms with E-state index >= 15 is 0 Å². The summed E-state index contributed by atoms with van der Waals surface area (Å²) in [5.41, 5.74) is -1.49. The first-order valence-electron chi connectivity index (χ1n) is 7.24. The van der Waals surface area contributed by atoms with Crippen LogP contribution in [0.4, 0.5) is 14.9 Å². The van der Waals surface area contributed by atoms with Crippen LogP contribution in [0.2, 0.25) is 0 Å². The second-order valence-corrected chi connectivity index (χ2v) is 6.15. The van der Waals surface area contributed by atoms with Crippen LogP contribution in [-0.2, 0) is 9.53 Å². The van der Waals surface area contributed by atoms with E-state index in [1.54, 1.807) is 20.8 Å². The van der Waals surface area contributed by atoms with Gasteiger partial charge in [-0.15, -0.1) is 0 Å². The van der Waals surface area contributed by atoms with Gasteiger partial charge in [0.2, 0.25) is 5.75 Å². The molecule has 0 saturated heterocycles. The van der Waals surface area contributed by atoms with E-state index < -0.39 is 52.0 Å². The third kappa shape index (κ3) is 6.34. The Hall–Kier alpha value is -2.75. The van der Waals surface area contributed by atoms with Crippen LogP contribution in [0.1, 0.15) is 27.7 Å². The molecular formula is C15H19FN2O7. The maximum atomic E-state index is 13.3. The number of ether oxygens (including phenoxy) is 2. The van der Waals surface area contributed by atoms with Crippen molar-refractivity contribution in [2.24, 2.45) is 0 Å². The first kappa shape index (κ1) is 20.3. The van der Waals surface area contributed by atoms with Gasteiger partial charge in [-0.2, -0.15) is 0 Å². The summed E-state index contributed by atoms with van der Waals surface area (Å²) in [4.78, 5) is 33.9. The molecule has 0 heterocycles. The van der Waals surface area contributed by atoms with E-state index in [0.29, 0.717) is 6.07 Å². The highest BCUT2D eigenvalue weighted by atomic mass is 19.1. The number of halogens is 1. The number of nitro benzene ring substituents is 1. The lowest BCUT2D eigenvalue weighted by Gasteiger charge is -2.24. The number of nitrogens with zero attached hydrogens (tertiary/aromatic N) is 1. The van der Waals surface area contributed by atoms with Crippen LogP contribution in [0, 0.1) is 15.9 Å². The number of carbonyl (C=O) groups is 2. The summed E-state index contributed by atoms with van der Waals surface area (Å²) in [6, 6.07) is 0.748. The number of alkyl carbamates (subject to hydrolysis) is 1. The summed E-state index contributed by atoms with van der Waals surface area (Å²) >= 11 is 0. The smallest absolute Gasteiger partial charge is 0.408 e. The number of benzene rings is 1. The fraction of sp³-hybridized carbons (Fsp3) is 0.467. The second kappa shape index (κ2) is 7.88. The highest BCUT2D eigenvalue weighted by Crippen LogP contribution is 2.28. The van der Waals surface area contributed by atoms with E-state index in [-0.39, 0.29) is 0 Å². The predicted octanol–water partition coefficient (Wildman–Crippen LogP) is 1.91. The Morgan fingerprint density at radius 3 is 2.44 bits per heavy atom. The molecule has 1 aromatic rings. The van der Waals surface area contributed by atoms with Crippen LogP contribution in [0.15, 0.2) is 18.2 Å². The molecular weight excluding hydrogens is 339 g/mol. The maximum absolute atomic E-state index is 13.3. The molecule has 25 heavy (non-hydrogen) atoms. The highest BCUT2D eigenvalue weighted by Gasteiger charge is 2.31. The van der Waals surface area contributed by atoms with Crippen LogP contribution >= 0.6 is 0 Å². The molecule has 0 radical (unpaired) electrons. The van der Waals surface area contributed by atoms with E-state index in [4.69, 9.17) is 9.47 Å². The summed E-state index contributed by atoms with van der Waals surface area (Å²) in [6.45, 7) is 5.98. The molecule has 0 aliphatic rings. The van der Waals surface area contributed by atoms with Gasteiger partial charge in [-0.25, -0.2) is 14.0 Å². The van der Waals surface area contributed by atoms with E-state index in [0.717, 1.165) is 12.1 Å². The predicted molar refractivity (Wildman–Crippen MR) is 83.5 cm³/mol. The van der Waals surface area contributed by atoms with Gasteiger partial charge in [-0.1, -0.05) is 0 Å². The molecule has 1 amide bonds. The average molecular weight is 358 g/mol. The summed E-state index contributed by atoms with van der Waals surface area (Å²) in [5, 5.41) is 22.7. The van der Waals surface area contributed by atoms with Crippen molar-refractivity contribution in [3.05, 3.63) is 34.1 Å². The molecule has 1 aromatic carbocycles. The van der Waals surface area contributed by atoms with E-state index in [1.165, 1.54) is 6.92 Å². The minimum atomic E-state index is -1.57. The quantitative estimate of drug-likeness (QED) is 0.356. The molecule has 2 atom stereocenters. The number of nitro groups is 1. The molecule has 0 unspecified atom stereocenters. The standard InChI is InChI=1S/C15H19FN2O7/c1-8(19)12(17-14(21)25-15(2,3)4)13(20)24-11-7-9(16)5-6-10(11)18(22)23/h5-8,12,19H,1-4H3,(H,17,21)/t8-,12+/m0/s1. The van der Waals surface area contributed by atoms with Gasteiger partial charge in [0.1, 0.15) is 11.4 Å². The number of hydrogen-bond acceptors (Lipinski definition) is 7. The zero-order valence-corrected chi connectivity index (χ0v) is 14.1. The number of hydrogen-bond donors (Lipinski definition) is 2. The Bertz CT molecular complexity index is 670. The number of rotatable bonds is 5. The molecule has 0 aliphatic carbocycles. The van der Waals surface area contributed by atoms with Crippen molar-refractivity contribution < 1.29 is 33.5 Å². The summed E-state index contributed by atoms with van der Waals surface area (Å²) in [7, 11) is 0. The first-order chi connectivity index (χ1) is 11.4. The fourth-order valence-electron chi connectivity index (χ4n) is 1.70. The Kier molecular flexibility index (Phi) is 6.40. The number of amides is 1. The largest absolute Gasteiger partial charge is 0.444 e. The van der Waals surface area contributed by atoms with Gasteiger partial charge in [0.05, 0.1) is 11.0 Å². The topological polar surface area (TPSA) is 128 Å². The number of aliphatic hydroxyl groups excluding tert-OH is 1. The fourth-order valence-corrected chi connectivity index (χ4v) is 1.70. The lowest BCUT2D eigenvalue weighted by molar-refractivity contribution is -0.385. The van der Waals surface area contributed by atoms with E-state index in [2.05, 4.69) is 5.32 Å². The summed E-state index contributed by atoms with van der Waals surface area (Å²) < 4.78 is 23.0. The molecule has 10 heteroatoms. The summed E-state index contributed by atoms with van der Waals surface area (Å²) in [6.07, 6.45) is -2.39. The normalized spacial score (nSPS) is 13.5. The van der Waals surface area contributed by atoms with E-state index in [1.807, 2.05) is 0 Å². The van der Waals surface area contributed by atoms with Crippen molar-refractivity contribution in [1.82, 2.24) is 5.32 Å². The third-order valence-electron chi connectivity index (χ3n) is 2.74. The summed E-state index contributed by atoms with van der Waals surface area (Å²) in [5.74, 6) is -2.72. The molecule has 0 bridgehead atoms. The molecule has 1 rings (SSSR count). The molecule has 0 aromatic heterocycles. The van der Waals surface area contributed by atoms with Gasteiger partial charge >= 0.3 is 17.7 Å². The number of carbonyl (C=O) groups excluding carboxylic acids is 2. The molecule has 9 nitrogen and oxygen atoms in total. The van der Waals surface area contributed by atoms with Gasteiger partial charge in [0.25, 0.3) is 0 Å². The zero-order chi connectivity index (χ0) is 19.4. The van der Waals surface area contributed by atoms with Crippen molar-refractivity contribution in [2.45, 2.75) is 45.4 Å². The number of esters is 1. The van der Waals surface area contributed by atoms with E-state index in [9.17, 15) is 29.2 Å². The van der Waals surface area contributed by atoms with Gasteiger partial charge in [-0.05, 0) is 33.8 Å². The average Bonchev–Trinajstić information content (AvgIpc) is 2.42. The Balaban J connectivity index is 2.96. The van der Waals surface area contributed by atoms with Gasteiger partial charge in [-0.3, -0.25) is 10.1 Å². The number of aliphatic hydroxyl groups is 1. The first-order valence-corrected chi connectivity index (χ1v) is 7.24. The van der Waals surface area contributed by atoms with Gasteiger partial charge in [0.15, 0.2) is 6.04 Å². The minimum absolute atomic E-state index is 0.642. The van der Waals surface area contributed by atoms with Crippen molar-refractivity contribution in [2.75, 3.05) is 0 Å². The SMILES string of the molecule is C[C@H](O)[C@@H](NC(=O)OC(C)(C)C)C(=O)Oc1cc(F)ccc1[N+](=O)[O-]. The van der Waals surface area contributed by atoms with Gasteiger partial charge in [0, 0.05) is 12.1 Å². The molecule has 138 valence electrons. The molecule has 0 fully saturated rings. The van der Waals surface area contributed by atoms with Crippen molar-refractivity contribution in [3.8, 4) is 5.75 Å².